The van der Waals surface area contributed by atoms with Gasteiger partial charge in [-0.3, -0.25) is 4.90 Å². The molecule has 1 fully saturated rings. The summed E-state index contributed by atoms with van der Waals surface area (Å²) in [4.78, 5) is 2.38. The van der Waals surface area contributed by atoms with Crippen LogP contribution >= 0.6 is 0 Å². The van der Waals surface area contributed by atoms with Gasteiger partial charge in [0.05, 0.1) is 6.04 Å². The summed E-state index contributed by atoms with van der Waals surface area (Å²) in [6.07, 6.45) is 2.09. The molecule has 1 N–H and O–H groups in total. The molecule has 2 heterocycles. The van der Waals surface area contributed by atoms with Crippen molar-refractivity contribution in [2.24, 2.45) is 0 Å². The van der Waals surface area contributed by atoms with Crippen LogP contribution in [0, 0.1) is 0 Å². The van der Waals surface area contributed by atoms with E-state index in [4.69, 9.17) is 4.74 Å². The van der Waals surface area contributed by atoms with Gasteiger partial charge in [0, 0.05) is 5.56 Å². The van der Waals surface area contributed by atoms with E-state index in [1.54, 1.807) is 0 Å². The molecule has 3 nitrogen and oxygen atoms in total. The number of benzene rings is 1. The van der Waals surface area contributed by atoms with Gasteiger partial charge in [0.25, 0.3) is 0 Å². The van der Waals surface area contributed by atoms with E-state index in [9.17, 15) is 5.11 Å². The fourth-order valence-corrected chi connectivity index (χ4v) is 2.79. The molecule has 1 saturated heterocycles. The molecule has 86 valence electrons. The lowest BCUT2D eigenvalue weighted by molar-refractivity contribution is 0.00877. The topological polar surface area (TPSA) is 32.7 Å². The van der Waals surface area contributed by atoms with Crippen LogP contribution < -0.4 is 4.74 Å². The van der Waals surface area contributed by atoms with Crippen LogP contribution in [0.2, 0.25) is 0 Å². The molecule has 3 heteroatoms. The molecule has 0 radical (unpaired) electrons. The Balaban J connectivity index is 1.96. The van der Waals surface area contributed by atoms with Crippen molar-refractivity contribution in [3.8, 4) is 5.75 Å². The molecular weight excluding hydrogens is 202 g/mol. The first-order valence-electron chi connectivity index (χ1n) is 6.00. The van der Waals surface area contributed by atoms with Crippen molar-refractivity contribution in [2.45, 2.75) is 25.0 Å². The molecule has 3 rings (SSSR count). The summed E-state index contributed by atoms with van der Waals surface area (Å²) in [7, 11) is 0. The van der Waals surface area contributed by atoms with Gasteiger partial charge in [-0.1, -0.05) is 18.2 Å². The third-order valence-corrected chi connectivity index (χ3v) is 3.55. The van der Waals surface area contributed by atoms with Gasteiger partial charge in [-0.25, -0.2) is 0 Å². The zero-order chi connectivity index (χ0) is 11.0. The van der Waals surface area contributed by atoms with Crippen LogP contribution in [0.1, 0.15) is 24.4 Å². The molecule has 0 bridgehead atoms. The molecule has 2 aliphatic rings. The highest BCUT2D eigenvalue weighted by molar-refractivity contribution is 5.38. The van der Waals surface area contributed by atoms with Gasteiger partial charge in [-0.2, -0.15) is 0 Å². The van der Waals surface area contributed by atoms with Crippen LogP contribution in [-0.2, 0) is 0 Å². The van der Waals surface area contributed by atoms with Gasteiger partial charge >= 0.3 is 0 Å². The molecule has 1 aromatic rings. The first kappa shape index (κ1) is 10.1. The second-order valence-corrected chi connectivity index (χ2v) is 4.60. The minimum Gasteiger partial charge on any atom is -0.490 e. The minimum absolute atomic E-state index is 0.132. The van der Waals surface area contributed by atoms with Crippen LogP contribution in [-0.4, -0.2) is 35.8 Å². The summed E-state index contributed by atoms with van der Waals surface area (Å²) in [5.41, 5.74) is 1.14. The number of ether oxygens (including phenoxy) is 1. The average molecular weight is 219 g/mol. The lowest BCUT2D eigenvalue weighted by atomic mass is 9.97. The molecular formula is C13H17NO2. The Labute approximate surface area is 95.6 Å². The normalized spacial score (nSPS) is 29.8. The van der Waals surface area contributed by atoms with E-state index in [2.05, 4.69) is 11.0 Å². The van der Waals surface area contributed by atoms with E-state index in [1.165, 1.54) is 12.8 Å². The van der Waals surface area contributed by atoms with Gasteiger partial charge < -0.3 is 9.84 Å². The maximum absolute atomic E-state index is 10.1. The summed E-state index contributed by atoms with van der Waals surface area (Å²) in [6.45, 7) is 2.60. The Morgan fingerprint density at radius 3 is 2.75 bits per heavy atom. The molecule has 2 aliphatic heterocycles. The fourth-order valence-electron chi connectivity index (χ4n) is 2.79. The molecule has 0 spiro atoms. The van der Waals surface area contributed by atoms with E-state index in [-0.39, 0.29) is 6.04 Å². The fraction of sp³-hybridized carbons (Fsp3) is 0.538. The Kier molecular flexibility index (Phi) is 2.58. The molecule has 0 aromatic heterocycles. The molecule has 0 saturated carbocycles. The van der Waals surface area contributed by atoms with Crippen molar-refractivity contribution in [1.29, 1.82) is 0 Å². The molecule has 16 heavy (non-hydrogen) atoms. The van der Waals surface area contributed by atoms with Crippen molar-refractivity contribution in [2.75, 3.05) is 19.7 Å². The second kappa shape index (κ2) is 4.07. The van der Waals surface area contributed by atoms with Gasteiger partial charge in [-0.15, -0.1) is 0 Å². The molecule has 2 atom stereocenters. The predicted octanol–water partition coefficient (Wildman–Crippen LogP) is 1.58. The van der Waals surface area contributed by atoms with Crippen molar-refractivity contribution >= 4 is 0 Å². The third kappa shape index (κ3) is 1.60. The van der Waals surface area contributed by atoms with Gasteiger partial charge in [0.15, 0.2) is 0 Å². The second-order valence-electron chi connectivity index (χ2n) is 4.60. The number of nitrogens with zero attached hydrogens (tertiary/aromatic N) is 1. The summed E-state index contributed by atoms with van der Waals surface area (Å²) in [5, 5.41) is 10.1. The number of aliphatic hydroxyl groups excluding tert-OH is 1. The number of likely N-dealkylation sites (tertiary alicyclic amines) is 1. The zero-order valence-electron chi connectivity index (χ0n) is 9.30. The van der Waals surface area contributed by atoms with Crippen LogP contribution in [0.25, 0.3) is 0 Å². The van der Waals surface area contributed by atoms with Crippen LogP contribution in [0.15, 0.2) is 24.3 Å². The average Bonchev–Trinajstić information content (AvgIpc) is 2.82. The molecule has 0 amide bonds. The number of aliphatic hydroxyl groups is 1. The first-order chi connectivity index (χ1) is 7.86. The van der Waals surface area contributed by atoms with Gasteiger partial charge in [0.1, 0.15) is 18.5 Å². The number of hydrogen-bond donors (Lipinski definition) is 1. The highest BCUT2D eigenvalue weighted by atomic mass is 16.5. The van der Waals surface area contributed by atoms with E-state index in [1.807, 2.05) is 18.2 Å². The largest absolute Gasteiger partial charge is 0.490 e. The lowest BCUT2D eigenvalue weighted by Gasteiger charge is -2.36. The Bertz CT molecular complexity index is 374. The van der Waals surface area contributed by atoms with Crippen molar-refractivity contribution in [3.05, 3.63) is 29.8 Å². The Morgan fingerprint density at radius 1 is 1.19 bits per heavy atom. The molecule has 1 aromatic carbocycles. The summed E-state index contributed by atoms with van der Waals surface area (Å²) in [5.74, 6) is 0.935. The van der Waals surface area contributed by atoms with Crippen LogP contribution in [0.5, 0.6) is 5.75 Å². The number of fused-ring (bicyclic) bond motifs is 1. The van der Waals surface area contributed by atoms with E-state index in [0.29, 0.717) is 6.61 Å². The highest BCUT2D eigenvalue weighted by Crippen LogP contribution is 2.37. The maximum Gasteiger partial charge on any atom is 0.124 e. The quantitative estimate of drug-likeness (QED) is 0.778. The summed E-state index contributed by atoms with van der Waals surface area (Å²) < 4.78 is 5.55. The highest BCUT2D eigenvalue weighted by Gasteiger charge is 2.34. The smallest absolute Gasteiger partial charge is 0.124 e. The molecule has 2 unspecified atom stereocenters. The third-order valence-electron chi connectivity index (χ3n) is 3.55. The van der Waals surface area contributed by atoms with Crippen molar-refractivity contribution in [3.63, 3.8) is 0 Å². The Hall–Kier alpha value is -1.06. The number of rotatable bonds is 1. The summed E-state index contributed by atoms with van der Waals surface area (Å²) >= 11 is 0. The maximum atomic E-state index is 10.1. The zero-order valence-corrected chi connectivity index (χ0v) is 9.30. The van der Waals surface area contributed by atoms with Gasteiger partial charge in [-0.05, 0) is 32.0 Å². The monoisotopic (exact) mass is 219 g/mol. The lowest BCUT2D eigenvalue weighted by Crippen LogP contribution is -2.40. The number of hydrogen-bond acceptors (Lipinski definition) is 3. The predicted molar refractivity (Wildman–Crippen MR) is 61.5 cm³/mol. The van der Waals surface area contributed by atoms with Crippen LogP contribution in [0.4, 0.5) is 0 Å². The van der Waals surface area contributed by atoms with E-state index < -0.39 is 6.10 Å². The van der Waals surface area contributed by atoms with E-state index in [0.717, 1.165) is 24.4 Å². The van der Waals surface area contributed by atoms with Crippen molar-refractivity contribution < 1.29 is 9.84 Å². The number of para-hydroxylation sites is 1. The van der Waals surface area contributed by atoms with Crippen molar-refractivity contribution in [1.82, 2.24) is 4.90 Å². The standard InChI is InChI=1S/C13H17NO2/c15-11-9-16-12-6-2-1-5-10(12)13(11)14-7-3-4-8-14/h1-2,5-6,11,13,15H,3-4,7-9H2. The van der Waals surface area contributed by atoms with E-state index >= 15 is 0 Å². The minimum atomic E-state index is -0.395. The molecule has 0 aliphatic carbocycles. The van der Waals surface area contributed by atoms with Gasteiger partial charge in [0.2, 0.25) is 0 Å². The Morgan fingerprint density at radius 2 is 1.94 bits per heavy atom. The summed E-state index contributed by atoms with van der Waals surface area (Å²) in [6, 6.07) is 8.19. The SMILES string of the molecule is OC1COc2ccccc2C1N1CCCC1. The first-order valence-corrected chi connectivity index (χ1v) is 6.00. The van der Waals surface area contributed by atoms with Crippen LogP contribution in [0.3, 0.4) is 0 Å².